The number of piperidine rings is 1. The molecular formula is C14H21ClN2O3S. The van der Waals surface area contributed by atoms with E-state index in [1.54, 1.807) is 13.0 Å². The van der Waals surface area contributed by atoms with Crippen LogP contribution in [0.15, 0.2) is 17.0 Å². The molecule has 2 N–H and O–H groups in total. The molecule has 21 heavy (non-hydrogen) atoms. The van der Waals surface area contributed by atoms with Gasteiger partial charge in [0.1, 0.15) is 5.75 Å². The van der Waals surface area contributed by atoms with Crippen molar-refractivity contribution >= 4 is 21.6 Å². The van der Waals surface area contributed by atoms with Gasteiger partial charge >= 0.3 is 0 Å². The summed E-state index contributed by atoms with van der Waals surface area (Å²) in [4.78, 5) is 0.230. The second-order valence-electron chi connectivity index (χ2n) is 5.25. The summed E-state index contributed by atoms with van der Waals surface area (Å²) in [5.41, 5.74) is 6.35. The van der Waals surface area contributed by atoms with Crippen LogP contribution in [0.5, 0.6) is 5.75 Å². The Morgan fingerprint density at radius 3 is 2.76 bits per heavy atom. The molecule has 1 aromatic carbocycles. The summed E-state index contributed by atoms with van der Waals surface area (Å²) in [6.07, 6.45) is 2.67. The van der Waals surface area contributed by atoms with E-state index >= 15 is 0 Å². The number of nitrogens with two attached hydrogens (primary N) is 1. The molecule has 118 valence electrons. The van der Waals surface area contributed by atoms with Crippen molar-refractivity contribution in [1.82, 2.24) is 4.31 Å². The highest BCUT2D eigenvalue weighted by atomic mass is 35.5. The van der Waals surface area contributed by atoms with E-state index in [-0.39, 0.29) is 10.9 Å². The van der Waals surface area contributed by atoms with E-state index in [4.69, 9.17) is 22.1 Å². The van der Waals surface area contributed by atoms with Gasteiger partial charge in [0.25, 0.3) is 0 Å². The average molecular weight is 333 g/mol. The molecule has 0 amide bonds. The molecule has 2 rings (SSSR count). The topological polar surface area (TPSA) is 72.6 Å². The normalized spacial score (nSPS) is 20.5. The van der Waals surface area contributed by atoms with Gasteiger partial charge in [0.2, 0.25) is 10.0 Å². The van der Waals surface area contributed by atoms with E-state index in [1.807, 2.05) is 0 Å². The fourth-order valence-electron chi connectivity index (χ4n) is 2.72. The molecule has 1 fully saturated rings. The van der Waals surface area contributed by atoms with Gasteiger partial charge in [-0.1, -0.05) is 18.0 Å². The zero-order valence-electron chi connectivity index (χ0n) is 12.3. The first-order valence-corrected chi connectivity index (χ1v) is 8.79. The van der Waals surface area contributed by atoms with Crippen LogP contribution in [-0.4, -0.2) is 39.0 Å². The molecule has 1 aliphatic heterocycles. The lowest BCUT2D eigenvalue weighted by atomic mass is 10.1. The van der Waals surface area contributed by atoms with Gasteiger partial charge < -0.3 is 10.5 Å². The highest BCUT2D eigenvalue weighted by Gasteiger charge is 2.34. The van der Waals surface area contributed by atoms with Crippen LogP contribution in [0.2, 0.25) is 5.02 Å². The van der Waals surface area contributed by atoms with Crippen LogP contribution in [0.4, 0.5) is 0 Å². The van der Waals surface area contributed by atoms with Gasteiger partial charge in [0.05, 0.1) is 17.0 Å². The third-order valence-electron chi connectivity index (χ3n) is 3.88. The quantitative estimate of drug-likeness (QED) is 0.917. The molecule has 7 heteroatoms. The van der Waals surface area contributed by atoms with Crippen molar-refractivity contribution in [2.24, 2.45) is 5.73 Å². The number of hydrogen-bond donors (Lipinski definition) is 1. The van der Waals surface area contributed by atoms with Gasteiger partial charge in [0, 0.05) is 19.1 Å². The number of hydrogen-bond acceptors (Lipinski definition) is 4. The van der Waals surface area contributed by atoms with Gasteiger partial charge in [-0.2, -0.15) is 4.31 Å². The van der Waals surface area contributed by atoms with Crippen LogP contribution in [0.25, 0.3) is 0 Å². The van der Waals surface area contributed by atoms with Gasteiger partial charge in [0.15, 0.2) is 0 Å². The molecule has 0 spiro atoms. The Balaban J connectivity index is 2.46. The van der Waals surface area contributed by atoms with E-state index in [1.165, 1.54) is 17.5 Å². The van der Waals surface area contributed by atoms with E-state index in [2.05, 4.69) is 0 Å². The average Bonchev–Trinajstić information content (AvgIpc) is 2.48. The largest absolute Gasteiger partial charge is 0.495 e. The smallest absolute Gasteiger partial charge is 0.243 e. The number of methoxy groups -OCH3 is 1. The summed E-state index contributed by atoms with van der Waals surface area (Å²) < 4.78 is 32.4. The first-order valence-electron chi connectivity index (χ1n) is 6.98. The lowest BCUT2D eigenvalue weighted by molar-refractivity contribution is 0.257. The van der Waals surface area contributed by atoms with Crippen molar-refractivity contribution in [2.75, 3.05) is 20.2 Å². The highest BCUT2D eigenvalue weighted by Crippen LogP contribution is 2.33. The lowest BCUT2D eigenvalue weighted by Gasteiger charge is -2.34. The molecular weight excluding hydrogens is 312 g/mol. The Morgan fingerprint density at radius 2 is 2.14 bits per heavy atom. The molecule has 1 atom stereocenters. The van der Waals surface area contributed by atoms with Gasteiger partial charge in [-0.05, 0) is 37.5 Å². The molecule has 5 nitrogen and oxygen atoms in total. The van der Waals surface area contributed by atoms with Crippen LogP contribution in [0.1, 0.15) is 24.8 Å². The molecule has 0 bridgehead atoms. The van der Waals surface area contributed by atoms with Crippen molar-refractivity contribution < 1.29 is 13.2 Å². The fraction of sp³-hybridized carbons (Fsp3) is 0.571. The summed E-state index contributed by atoms with van der Waals surface area (Å²) in [5.74, 6) is 0.474. The second-order valence-corrected chi connectivity index (χ2v) is 7.52. The molecule has 1 heterocycles. The number of halogens is 1. The molecule has 0 aliphatic carbocycles. The number of ether oxygens (including phenoxy) is 1. The standard InChI is InChI=1S/C14H21ClN2O3S/c1-10-7-13(20-2)12(15)8-14(10)21(18,19)17-6-4-3-5-11(17)9-16/h7-8,11H,3-6,9,16H2,1-2H3. The summed E-state index contributed by atoms with van der Waals surface area (Å²) in [6, 6.07) is 2.98. The number of aryl methyl sites for hydroxylation is 1. The fourth-order valence-corrected chi connectivity index (χ4v) is 4.97. The Kier molecular flexibility index (Phi) is 5.14. The third-order valence-corrected chi connectivity index (χ3v) is 6.27. The predicted molar refractivity (Wildman–Crippen MR) is 83.3 cm³/mol. The highest BCUT2D eigenvalue weighted by molar-refractivity contribution is 7.89. The summed E-state index contributed by atoms with van der Waals surface area (Å²) in [7, 11) is -2.08. The monoisotopic (exact) mass is 332 g/mol. The van der Waals surface area contributed by atoms with Crippen molar-refractivity contribution in [3.05, 3.63) is 22.7 Å². The SMILES string of the molecule is COc1cc(C)c(S(=O)(=O)N2CCCCC2CN)cc1Cl. The Hall–Kier alpha value is -0.820. The molecule has 0 aromatic heterocycles. The van der Waals surface area contributed by atoms with Crippen molar-refractivity contribution in [2.45, 2.75) is 37.1 Å². The van der Waals surface area contributed by atoms with Gasteiger partial charge in [-0.25, -0.2) is 8.42 Å². The summed E-state index contributed by atoms with van der Waals surface area (Å²) >= 11 is 6.08. The van der Waals surface area contributed by atoms with Crippen LogP contribution in [0.3, 0.4) is 0 Å². The van der Waals surface area contributed by atoms with Crippen molar-refractivity contribution in [3.8, 4) is 5.75 Å². The van der Waals surface area contributed by atoms with Crippen molar-refractivity contribution in [1.29, 1.82) is 0 Å². The molecule has 1 aromatic rings. The van der Waals surface area contributed by atoms with Gasteiger partial charge in [-0.3, -0.25) is 0 Å². The second kappa shape index (κ2) is 6.52. The number of sulfonamides is 1. The minimum Gasteiger partial charge on any atom is -0.495 e. The maximum Gasteiger partial charge on any atom is 0.243 e. The minimum atomic E-state index is -3.59. The third kappa shape index (κ3) is 3.18. The molecule has 1 unspecified atom stereocenters. The van der Waals surface area contributed by atoms with Crippen LogP contribution in [0, 0.1) is 6.92 Å². The van der Waals surface area contributed by atoms with E-state index in [9.17, 15) is 8.42 Å². The number of benzene rings is 1. The molecule has 0 saturated carbocycles. The summed E-state index contributed by atoms with van der Waals surface area (Å²) in [6.45, 7) is 2.59. The zero-order chi connectivity index (χ0) is 15.6. The maximum atomic E-state index is 12.9. The van der Waals surface area contributed by atoms with Crippen LogP contribution >= 0.6 is 11.6 Å². The molecule has 1 saturated heterocycles. The Bertz CT molecular complexity index is 619. The van der Waals surface area contributed by atoms with E-state index in [0.29, 0.717) is 29.4 Å². The number of rotatable bonds is 4. The maximum absolute atomic E-state index is 12.9. The van der Waals surface area contributed by atoms with E-state index in [0.717, 1.165) is 19.3 Å². The molecule has 1 aliphatic rings. The lowest BCUT2D eigenvalue weighted by Crippen LogP contribution is -2.47. The predicted octanol–water partition coefficient (Wildman–Crippen LogP) is 2.16. The van der Waals surface area contributed by atoms with E-state index < -0.39 is 10.0 Å². The zero-order valence-corrected chi connectivity index (χ0v) is 13.9. The molecule has 0 radical (unpaired) electrons. The first kappa shape index (κ1) is 16.5. The number of nitrogens with zero attached hydrogens (tertiary/aromatic N) is 1. The first-order chi connectivity index (χ1) is 9.91. The van der Waals surface area contributed by atoms with Crippen LogP contribution in [-0.2, 0) is 10.0 Å². The van der Waals surface area contributed by atoms with Crippen LogP contribution < -0.4 is 10.5 Å². The minimum absolute atomic E-state index is 0.135. The van der Waals surface area contributed by atoms with Crippen molar-refractivity contribution in [3.63, 3.8) is 0 Å². The Labute approximate surface area is 131 Å². The Morgan fingerprint density at radius 1 is 1.43 bits per heavy atom. The summed E-state index contributed by atoms with van der Waals surface area (Å²) in [5, 5.41) is 0.294. The van der Waals surface area contributed by atoms with Gasteiger partial charge in [-0.15, -0.1) is 0 Å².